The van der Waals surface area contributed by atoms with E-state index < -0.39 is 11.8 Å². The van der Waals surface area contributed by atoms with Crippen molar-refractivity contribution in [1.82, 2.24) is 4.98 Å². The average Bonchev–Trinajstić information content (AvgIpc) is 3.05. The fourth-order valence-electron chi connectivity index (χ4n) is 2.61. The fourth-order valence-corrected chi connectivity index (χ4v) is 3.94. The van der Waals surface area contributed by atoms with Crippen molar-refractivity contribution >= 4 is 50.6 Å². The summed E-state index contributed by atoms with van der Waals surface area (Å²) in [6.45, 7) is 0. The first-order chi connectivity index (χ1) is 13.1. The summed E-state index contributed by atoms with van der Waals surface area (Å²) in [5, 5.41) is 6.55. The molecule has 3 aromatic carbocycles. The molecule has 0 unspecified atom stereocenters. The molecule has 2 N–H and O–H groups in total. The van der Waals surface area contributed by atoms with Gasteiger partial charge in [0.05, 0.1) is 15.2 Å². The number of anilines is 2. The summed E-state index contributed by atoms with van der Waals surface area (Å²) in [5.74, 6) is -0.420. The number of aromatic nitrogens is 1. The molecule has 4 rings (SSSR count). The predicted molar refractivity (Wildman–Crippen MR) is 109 cm³/mol. The number of benzene rings is 3. The van der Waals surface area contributed by atoms with Crippen LogP contribution in [-0.4, -0.2) is 11.0 Å². The van der Waals surface area contributed by atoms with Crippen LogP contribution in [0.1, 0.15) is 0 Å². The lowest BCUT2D eigenvalue weighted by atomic mass is 10.2. The first-order valence-electron chi connectivity index (χ1n) is 8.07. The number of hydrogen-bond donors (Lipinski definition) is 2. The molecule has 0 saturated heterocycles. The molecule has 0 fully saturated rings. The molecule has 0 aliphatic rings. The molecule has 0 aliphatic carbocycles. The highest BCUT2D eigenvalue weighted by molar-refractivity contribution is 7.21. The maximum absolute atomic E-state index is 13.2. The van der Waals surface area contributed by atoms with Gasteiger partial charge in [-0.1, -0.05) is 29.8 Å². The summed E-state index contributed by atoms with van der Waals surface area (Å²) >= 11 is 7.96. The van der Waals surface area contributed by atoms with Gasteiger partial charge in [-0.05, 0) is 48.5 Å². The van der Waals surface area contributed by atoms with E-state index in [0.29, 0.717) is 16.4 Å². The Morgan fingerprint density at radius 3 is 2.48 bits per heavy atom. The van der Waals surface area contributed by atoms with Gasteiger partial charge in [-0.15, -0.1) is 11.3 Å². The van der Waals surface area contributed by atoms with Crippen LogP contribution < -0.4 is 10.6 Å². The zero-order valence-electron chi connectivity index (χ0n) is 13.9. The first kappa shape index (κ1) is 17.5. The molecule has 4 nitrogen and oxygen atoms in total. The van der Waals surface area contributed by atoms with Crippen molar-refractivity contribution in [3.63, 3.8) is 0 Å². The van der Waals surface area contributed by atoms with Crippen molar-refractivity contribution in [1.29, 1.82) is 0 Å². The molecule has 134 valence electrons. The standard InChI is InChI=1S/C20H13ClFN3OS/c21-16-11-14(24-20(26)23-13-5-3-4-12(22)10-13)8-9-15(16)19-25-17-6-1-2-7-18(17)27-19/h1-11H,(H2,23,24,26). The van der Waals surface area contributed by atoms with Crippen molar-refractivity contribution in [3.8, 4) is 10.6 Å². The lowest BCUT2D eigenvalue weighted by Gasteiger charge is -2.09. The highest BCUT2D eigenvalue weighted by Crippen LogP contribution is 2.35. The number of rotatable bonds is 3. The lowest BCUT2D eigenvalue weighted by Crippen LogP contribution is -2.19. The third-order valence-corrected chi connectivity index (χ3v) is 5.22. The van der Waals surface area contributed by atoms with E-state index in [1.807, 2.05) is 30.3 Å². The van der Waals surface area contributed by atoms with Gasteiger partial charge >= 0.3 is 6.03 Å². The number of fused-ring (bicyclic) bond motifs is 1. The minimum Gasteiger partial charge on any atom is -0.308 e. The number of carbonyl (C=O) groups excluding carboxylic acids is 1. The summed E-state index contributed by atoms with van der Waals surface area (Å²) < 4.78 is 14.3. The number of hydrogen-bond acceptors (Lipinski definition) is 3. The molecule has 27 heavy (non-hydrogen) atoms. The van der Waals surface area contributed by atoms with Crippen LogP contribution in [-0.2, 0) is 0 Å². The van der Waals surface area contributed by atoms with E-state index in [9.17, 15) is 9.18 Å². The van der Waals surface area contributed by atoms with E-state index in [4.69, 9.17) is 11.6 Å². The van der Waals surface area contributed by atoms with Gasteiger partial charge in [-0.3, -0.25) is 0 Å². The van der Waals surface area contributed by atoms with Gasteiger partial charge in [-0.2, -0.15) is 0 Å². The second-order valence-corrected chi connectivity index (χ2v) is 7.21. The zero-order valence-corrected chi connectivity index (χ0v) is 15.4. The van der Waals surface area contributed by atoms with Crippen LogP contribution in [0.4, 0.5) is 20.6 Å². The van der Waals surface area contributed by atoms with Crippen LogP contribution in [0.3, 0.4) is 0 Å². The SMILES string of the molecule is O=C(Nc1cccc(F)c1)Nc1ccc(-c2nc3ccccc3s2)c(Cl)c1. The normalized spacial score (nSPS) is 10.7. The molecule has 0 atom stereocenters. The Kier molecular flexibility index (Phi) is 4.75. The molecule has 2 amide bonds. The van der Waals surface area contributed by atoms with Gasteiger partial charge in [0.1, 0.15) is 10.8 Å². The summed E-state index contributed by atoms with van der Waals surface area (Å²) in [4.78, 5) is 16.7. The number of amides is 2. The number of nitrogens with one attached hydrogen (secondary N) is 2. The molecular weight excluding hydrogens is 385 g/mol. The Balaban J connectivity index is 1.52. The lowest BCUT2D eigenvalue weighted by molar-refractivity contribution is 0.262. The van der Waals surface area contributed by atoms with Crippen LogP contribution in [0.15, 0.2) is 66.7 Å². The summed E-state index contributed by atoms with van der Waals surface area (Å²) in [6.07, 6.45) is 0. The second-order valence-electron chi connectivity index (χ2n) is 5.77. The summed E-state index contributed by atoms with van der Waals surface area (Å²) in [7, 11) is 0. The van der Waals surface area contributed by atoms with E-state index in [1.165, 1.54) is 18.2 Å². The molecular formula is C20H13ClFN3OS. The Bertz CT molecular complexity index is 1110. The highest BCUT2D eigenvalue weighted by Gasteiger charge is 2.11. The number of urea groups is 1. The fraction of sp³-hybridized carbons (Fsp3) is 0. The predicted octanol–water partition coefficient (Wildman–Crippen LogP) is 6.40. The van der Waals surface area contributed by atoms with Gasteiger partial charge < -0.3 is 10.6 Å². The largest absolute Gasteiger partial charge is 0.323 e. The summed E-state index contributed by atoms with van der Waals surface area (Å²) in [5.41, 5.74) is 2.61. The average molecular weight is 398 g/mol. The van der Waals surface area contributed by atoms with E-state index in [2.05, 4.69) is 15.6 Å². The zero-order chi connectivity index (χ0) is 18.8. The molecule has 7 heteroatoms. The molecule has 0 bridgehead atoms. The highest BCUT2D eigenvalue weighted by atomic mass is 35.5. The third-order valence-electron chi connectivity index (χ3n) is 3.83. The number of carbonyl (C=O) groups is 1. The minimum absolute atomic E-state index is 0.365. The van der Waals surface area contributed by atoms with E-state index in [0.717, 1.165) is 20.8 Å². The van der Waals surface area contributed by atoms with E-state index in [-0.39, 0.29) is 0 Å². The number of nitrogens with zero attached hydrogens (tertiary/aromatic N) is 1. The van der Waals surface area contributed by atoms with Crippen molar-refractivity contribution < 1.29 is 9.18 Å². The van der Waals surface area contributed by atoms with Crippen molar-refractivity contribution in [2.75, 3.05) is 10.6 Å². The molecule has 0 saturated carbocycles. The Hall–Kier alpha value is -2.96. The molecule has 0 spiro atoms. The molecule has 4 aromatic rings. The van der Waals surface area contributed by atoms with Gasteiger partial charge in [0.15, 0.2) is 0 Å². The van der Waals surface area contributed by atoms with Gasteiger partial charge in [-0.25, -0.2) is 14.2 Å². The molecule has 0 aliphatic heterocycles. The number of para-hydroxylation sites is 1. The molecule has 1 aromatic heterocycles. The van der Waals surface area contributed by atoms with Crippen molar-refractivity contribution in [3.05, 3.63) is 77.6 Å². The van der Waals surface area contributed by atoms with Crippen LogP contribution in [0, 0.1) is 5.82 Å². The Morgan fingerprint density at radius 2 is 1.74 bits per heavy atom. The van der Waals surface area contributed by atoms with E-state index in [1.54, 1.807) is 29.5 Å². The van der Waals surface area contributed by atoms with Crippen molar-refractivity contribution in [2.45, 2.75) is 0 Å². The maximum Gasteiger partial charge on any atom is 0.323 e. The Morgan fingerprint density at radius 1 is 0.963 bits per heavy atom. The van der Waals surface area contributed by atoms with Gasteiger partial charge in [0.25, 0.3) is 0 Å². The quantitative estimate of drug-likeness (QED) is 0.420. The molecule has 1 heterocycles. The topological polar surface area (TPSA) is 54.0 Å². The van der Waals surface area contributed by atoms with Gasteiger partial charge in [0.2, 0.25) is 0 Å². The maximum atomic E-state index is 13.2. The third kappa shape index (κ3) is 3.92. The number of halogens is 2. The van der Waals surface area contributed by atoms with E-state index >= 15 is 0 Å². The van der Waals surface area contributed by atoms with Crippen molar-refractivity contribution in [2.24, 2.45) is 0 Å². The van der Waals surface area contributed by atoms with Crippen LogP contribution in [0.2, 0.25) is 5.02 Å². The first-order valence-corrected chi connectivity index (χ1v) is 9.27. The Labute approximate surface area is 163 Å². The molecule has 0 radical (unpaired) electrons. The van der Waals surface area contributed by atoms with Gasteiger partial charge in [0, 0.05) is 16.9 Å². The number of thiazole rings is 1. The summed E-state index contributed by atoms with van der Waals surface area (Å²) in [6, 6.07) is 18.3. The van der Waals surface area contributed by atoms with Crippen LogP contribution in [0.5, 0.6) is 0 Å². The van der Waals surface area contributed by atoms with Crippen LogP contribution in [0.25, 0.3) is 20.8 Å². The smallest absolute Gasteiger partial charge is 0.308 e. The monoisotopic (exact) mass is 397 g/mol. The van der Waals surface area contributed by atoms with Crippen LogP contribution >= 0.6 is 22.9 Å². The second kappa shape index (κ2) is 7.34. The minimum atomic E-state index is -0.482.